The molecule has 0 bridgehead atoms. The van der Waals surface area contributed by atoms with Crippen molar-refractivity contribution >= 4 is 8.58 Å². The molecule has 0 radical (unpaired) electrons. The minimum Gasteiger partial charge on any atom is -0.324 e. The average molecular weight is 218 g/mol. The first-order chi connectivity index (χ1) is 7.27. The van der Waals surface area contributed by atoms with Crippen LogP contribution < -0.4 is 5.73 Å². The van der Waals surface area contributed by atoms with Crippen LogP contribution in [0.2, 0.25) is 0 Å². The Morgan fingerprint density at radius 3 is 2.67 bits per heavy atom. The molecule has 0 aromatic heterocycles. The molecule has 1 heterocycles. The van der Waals surface area contributed by atoms with E-state index in [9.17, 15) is 5.26 Å². The number of benzene rings is 1. The van der Waals surface area contributed by atoms with E-state index in [1.54, 1.807) is 0 Å². The molecule has 0 amide bonds. The van der Waals surface area contributed by atoms with E-state index in [0.717, 1.165) is 24.6 Å². The van der Waals surface area contributed by atoms with Gasteiger partial charge in [-0.1, -0.05) is 30.3 Å². The third-order valence-corrected chi connectivity index (χ3v) is 4.71. The predicted octanol–water partition coefficient (Wildman–Crippen LogP) is 2.21. The lowest BCUT2D eigenvalue weighted by molar-refractivity contribution is 0.505. The van der Waals surface area contributed by atoms with Gasteiger partial charge < -0.3 is 5.73 Å². The van der Waals surface area contributed by atoms with Crippen LogP contribution in [0.5, 0.6) is 0 Å². The number of rotatable bonds is 1. The second kappa shape index (κ2) is 4.31. The van der Waals surface area contributed by atoms with Crippen LogP contribution in [0.3, 0.4) is 0 Å². The van der Waals surface area contributed by atoms with E-state index < -0.39 is 0 Å². The van der Waals surface area contributed by atoms with Crippen molar-refractivity contribution in [2.75, 3.05) is 6.16 Å². The first-order valence-corrected chi connectivity index (χ1v) is 6.51. The van der Waals surface area contributed by atoms with Gasteiger partial charge in [-0.05, 0) is 24.6 Å². The largest absolute Gasteiger partial charge is 0.324 e. The molecule has 1 aromatic rings. The number of nitrogens with two attached hydrogens (primary N) is 1. The Bertz CT molecular complexity index is 361. The minimum absolute atomic E-state index is 0.268. The van der Waals surface area contributed by atoms with Gasteiger partial charge in [-0.3, -0.25) is 0 Å². The molecule has 0 spiro atoms. The lowest BCUT2D eigenvalue weighted by Gasteiger charge is -2.33. The van der Waals surface area contributed by atoms with E-state index in [0.29, 0.717) is 14.4 Å². The quantitative estimate of drug-likeness (QED) is 0.734. The number of hydrogen-bond donors (Lipinski definition) is 1. The van der Waals surface area contributed by atoms with Gasteiger partial charge in [0.1, 0.15) is 0 Å². The average Bonchev–Trinajstić information content (AvgIpc) is 2.32. The molecule has 2 nitrogen and oxygen atoms in total. The van der Waals surface area contributed by atoms with Gasteiger partial charge in [0.15, 0.2) is 0 Å². The fraction of sp³-hybridized carbons (Fsp3) is 0.417. The SMILES string of the molecule is N#C[C@]1(c2ccccc2)CC[C@H](N)PC1. The zero-order chi connectivity index (χ0) is 10.7. The van der Waals surface area contributed by atoms with Crippen molar-refractivity contribution in [1.82, 2.24) is 0 Å². The number of hydrogen-bond acceptors (Lipinski definition) is 2. The normalized spacial score (nSPS) is 32.4. The Morgan fingerprint density at radius 1 is 1.40 bits per heavy atom. The van der Waals surface area contributed by atoms with Crippen LogP contribution in [0.1, 0.15) is 18.4 Å². The lowest BCUT2D eigenvalue weighted by atomic mass is 9.79. The van der Waals surface area contributed by atoms with E-state index in [1.165, 1.54) is 0 Å². The Morgan fingerprint density at radius 2 is 2.13 bits per heavy atom. The maximum Gasteiger partial charge on any atom is 0.0860 e. The minimum atomic E-state index is -0.268. The van der Waals surface area contributed by atoms with Crippen molar-refractivity contribution in [3.63, 3.8) is 0 Å². The Labute approximate surface area is 92.3 Å². The molecule has 1 aromatic carbocycles. The van der Waals surface area contributed by atoms with Crippen LogP contribution >= 0.6 is 8.58 Å². The van der Waals surface area contributed by atoms with Crippen molar-refractivity contribution in [2.45, 2.75) is 24.0 Å². The molecule has 78 valence electrons. The highest BCUT2D eigenvalue weighted by Gasteiger charge is 2.35. The third kappa shape index (κ3) is 2.04. The standard InChI is InChI=1S/C12H15N2P/c13-8-12(7-6-11(14)15-9-12)10-4-2-1-3-5-10/h1-5,11,15H,6-7,9,14H2/t11-,12-/m1/s1. The zero-order valence-corrected chi connectivity index (χ0v) is 9.61. The molecule has 1 aliphatic heterocycles. The van der Waals surface area contributed by atoms with Gasteiger partial charge in [0.2, 0.25) is 0 Å². The van der Waals surface area contributed by atoms with Gasteiger partial charge in [0, 0.05) is 5.78 Å². The Balaban J connectivity index is 2.28. The van der Waals surface area contributed by atoms with Crippen LogP contribution in [-0.2, 0) is 5.41 Å². The van der Waals surface area contributed by atoms with Crippen LogP contribution in [0.15, 0.2) is 30.3 Å². The second-order valence-electron chi connectivity index (χ2n) is 4.09. The molecule has 1 unspecified atom stereocenters. The molecule has 2 N–H and O–H groups in total. The lowest BCUT2D eigenvalue weighted by Crippen LogP contribution is -2.35. The maximum absolute atomic E-state index is 9.39. The zero-order valence-electron chi connectivity index (χ0n) is 8.61. The summed E-state index contributed by atoms with van der Waals surface area (Å²) in [6.07, 6.45) is 2.80. The third-order valence-electron chi connectivity index (χ3n) is 3.09. The fourth-order valence-electron chi connectivity index (χ4n) is 2.06. The summed E-state index contributed by atoms with van der Waals surface area (Å²) in [5.41, 5.74) is 6.78. The van der Waals surface area contributed by atoms with E-state index in [-0.39, 0.29) is 5.41 Å². The van der Waals surface area contributed by atoms with Gasteiger partial charge in [0.25, 0.3) is 0 Å². The molecule has 0 saturated carbocycles. The van der Waals surface area contributed by atoms with Crippen molar-refractivity contribution in [3.05, 3.63) is 35.9 Å². The smallest absolute Gasteiger partial charge is 0.0860 e. The van der Waals surface area contributed by atoms with Crippen molar-refractivity contribution in [2.24, 2.45) is 5.73 Å². The van der Waals surface area contributed by atoms with Crippen LogP contribution in [0.4, 0.5) is 0 Å². The molecular weight excluding hydrogens is 203 g/mol. The van der Waals surface area contributed by atoms with E-state index in [1.807, 2.05) is 18.2 Å². The summed E-state index contributed by atoms with van der Waals surface area (Å²) in [5, 5.41) is 9.39. The Hall–Kier alpha value is -0.900. The number of nitriles is 1. The van der Waals surface area contributed by atoms with E-state index in [4.69, 9.17) is 5.73 Å². The van der Waals surface area contributed by atoms with Gasteiger partial charge in [-0.25, -0.2) is 0 Å². The van der Waals surface area contributed by atoms with Crippen LogP contribution in [0, 0.1) is 11.3 Å². The first kappa shape index (κ1) is 10.6. The summed E-state index contributed by atoms with van der Waals surface area (Å²) in [7, 11) is 0.714. The van der Waals surface area contributed by atoms with E-state index in [2.05, 4.69) is 18.2 Å². The molecule has 15 heavy (non-hydrogen) atoms. The van der Waals surface area contributed by atoms with Crippen molar-refractivity contribution in [1.29, 1.82) is 5.26 Å². The van der Waals surface area contributed by atoms with E-state index >= 15 is 0 Å². The van der Waals surface area contributed by atoms with Gasteiger partial charge >= 0.3 is 0 Å². The molecule has 2 rings (SSSR count). The molecule has 0 aliphatic carbocycles. The highest BCUT2D eigenvalue weighted by molar-refractivity contribution is 7.39. The first-order valence-electron chi connectivity index (χ1n) is 5.23. The molecule has 1 aliphatic rings. The molecule has 1 saturated heterocycles. The predicted molar refractivity (Wildman–Crippen MR) is 64.1 cm³/mol. The van der Waals surface area contributed by atoms with Gasteiger partial charge in [0.05, 0.1) is 11.5 Å². The van der Waals surface area contributed by atoms with Crippen LogP contribution in [0.25, 0.3) is 0 Å². The summed E-state index contributed by atoms with van der Waals surface area (Å²) in [4.78, 5) is 0. The summed E-state index contributed by atoms with van der Waals surface area (Å²) >= 11 is 0. The Kier molecular flexibility index (Phi) is 3.05. The highest BCUT2D eigenvalue weighted by Crippen LogP contribution is 2.41. The maximum atomic E-state index is 9.39. The fourth-order valence-corrected chi connectivity index (χ4v) is 3.48. The summed E-state index contributed by atoms with van der Waals surface area (Å²) in [6, 6.07) is 12.6. The van der Waals surface area contributed by atoms with Gasteiger partial charge in [-0.2, -0.15) is 5.26 Å². The summed E-state index contributed by atoms with van der Waals surface area (Å²) < 4.78 is 0. The van der Waals surface area contributed by atoms with Crippen molar-refractivity contribution in [3.8, 4) is 6.07 Å². The highest BCUT2D eigenvalue weighted by atomic mass is 31.1. The van der Waals surface area contributed by atoms with Gasteiger partial charge in [-0.15, -0.1) is 8.58 Å². The monoisotopic (exact) mass is 218 g/mol. The molecule has 3 atom stereocenters. The molecule has 3 heteroatoms. The molecular formula is C12H15N2P. The topological polar surface area (TPSA) is 49.8 Å². The summed E-state index contributed by atoms with van der Waals surface area (Å²) in [6.45, 7) is 0. The summed E-state index contributed by atoms with van der Waals surface area (Å²) in [5.74, 6) is 0.315. The van der Waals surface area contributed by atoms with Crippen LogP contribution in [-0.4, -0.2) is 11.9 Å². The van der Waals surface area contributed by atoms with Crippen molar-refractivity contribution < 1.29 is 0 Å². The number of nitrogens with zero attached hydrogens (tertiary/aromatic N) is 1. The second-order valence-corrected chi connectivity index (χ2v) is 5.59. The molecule has 1 fully saturated rings.